The van der Waals surface area contributed by atoms with Gasteiger partial charge in [0.1, 0.15) is 11.6 Å². The van der Waals surface area contributed by atoms with Crippen molar-refractivity contribution in [2.45, 2.75) is 19.9 Å². The average molecular weight is 358 g/mol. The Balaban J connectivity index is 1.79. The Morgan fingerprint density at radius 3 is 2.52 bits per heavy atom. The van der Waals surface area contributed by atoms with E-state index in [4.69, 9.17) is 9.72 Å². The molecule has 0 spiro atoms. The van der Waals surface area contributed by atoms with Gasteiger partial charge in [-0.3, -0.25) is 0 Å². The van der Waals surface area contributed by atoms with Crippen LogP contribution in [0.3, 0.4) is 0 Å². The SMILES string of the molecule is COc1ccccc1-c1cnn2c(NC(C)c3ccccc3)cc(C)nc12. The van der Waals surface area contributed by atoms with Gasteiger partial charge in [0.05, 0.1) is 18.9 Å². The molecule has 5 heteroatoms. The number of nitrogens with one attached hydrogen (secondary N) is 1. The van der Waals surface area contributed by atoms with Crippen molar-refractivity contribution >= 4 is 11.5 Å². The largest absolute Gasteiger partial charge is 0.496 e. The van der Waals surface area contributed by atoms with E-state index < -0.39 is 0 Å². The van der Waals surface area contributed by atoms with Crippen LogP contribution in [0.4, 0.5) is 5.82 Å². The molecule has 4 aromatic rings. The lowest BCUT2D eigenvalue weighted by Crippen LogP contribution is -2.11. The summed E-state index contributed by atoms with van der Waals surface area (Å²) in [6.07, 6.45) is 1.85. The topological polar surface area (TPSA) is 51.5 Å². The molecule has 0 radical (unpaired) electrons. The number of rotatable bonds is 5. The minimum Gasteiger partial charge on any atom is -0.496 e. The average Bonchev–Trinajstić information content (AvgIpc) is 3.12. The van der Waals surface area contributed by atoms with E-state index in [1.165, 1.54) is 5.56 Å². The maximum Gasteiger partial charge on any atom is 0.165 e. The van der Waals surface area contributed by atoms with Gasteiger partial charge in [-0.2, -0.15) is 9.61 Å². The number of hydrogen-bond acceptors (Lipinski definition) is 4. The van der Waals surface area contributed by atoms with Crippen molar-refractivity contribution in [2.24, 2.45) is 0 Å². The molecule has 0 aliphatic carbocycles. The maximum atomic E-state index is 5.52. The van der Waals surface area contributed by atoms with Crippen LogP contribution in [0.1, 0.15) is 24.2 Å². The Morgan fingerprint density at radius 2 is 1.74 bits per heavy atom. The number of ether oxygens (including phenoxy) is 1. The molecule has 0 saturated heterocycles. The molecule has 0 bridgehead atoms. The molecule has 2 aromatic heterocycles. The zero-order chi connectivity index (χ0) is 18.8. The Morgan fingerprint density at radius 1 is 1.00 bits per heavy atom. The zero-order valence-corrected chi connectivity index (χ0v) is 15.7. The summed E-state index contributed by atoms with van der Waals surface area (Å²) in [6.45, 7) is 4.14. The van der Waals surface area contributed by atoms with E-state index in [9.17, 15) is 0 Å². The first-order valence-electron chi connectivity index (χ1n) is 8.97. The standard InChI is InChI=1S/C22H22N4O/c1-15-13-21(25-16(2)17-9-5-4-6-10-17)26-22(24-15)19(14-23-26)18-11-7-8-12-20(18)27-3/h4-14,16,25H,1-3H3. The van der Waals surface area contributed by atoms with Crippen LogP contribution in [-0.2, 0) is 0 Å². The summed E-state index contributed by atoms with van der Waals surface area (Å²) in [5, 5.41) is 8.16. The smallest absolute Gasteiger partial charge is 0.165 e. The van der Waals surface area contributed by atoms with Crippen LogP contribution in [0.25, 0.3) is 16.8 Å². The summed E-state index contributed by atoms with van der Waals surface area (Å²) in [4.78, 5) is 4.73. The van der Waals surface area contributed by atoms with Crippen LogP contribution in [0, 0.1) is 6.92 Å². The third-order valence-electron chi connectivity index (χ3n) is 4.66. The van der Waals surface area contributed by atoms with Crippen molar-refractivity contribution in [3.8, 4) is 16.9 Å². The maximum absolute atomic E-state index is 5.52. The minimum absolute atomic E-state index is 0.148. The molecule has 2 aromatic carbocycles. The van der Waals surface area contributed by atoms with Crippen LogP contribution in [-0.4, -0.2) is 21.7 Å². The molecule has 0 fully saturated rings. The second-order valence-corrected chi connectivity index (χ2v) is 6.55. The Bertz CT molecular complexity index is 1070. The number of hydrogen-bond donors (Lipinski definition) is 1. The molecule has 0 saturated carbocycles. The summed E-state index contributed by atoms with van der Waals surface area (Å²) in [5.41, 5.74) is 4.89. The quantitative estimate of drug-likeness (QED) is 0.552. The number of para-hydroxylation sites is 1. The summed E-state index contributed by atoms with van der Waals surface area (Å²) >= 11 is 0. The molecule has 1 unspecified atom stereocenters. The molecule has 1 atom stereocenters. The van der Waals surface area contributed by atoms with Crippen LogP contribution < -0.4 is 10.1 Å². The van der Waals surface area contributed by atoms with E-state index in [0.717, 1.165) is 34.0 Å². The van der Waals surface area contributed by atoms with E-state index in [2.05, 4.69) is 41.6 Å². The van der Waals surface area contributed by atoms with Crippen molar-refractivity contribution in [3.05, 3.63) is 78.1 Å². The monoisotopic (exact) mass is 358 g/mol. The molecule has 4 rings (SSSR count). The normalized spacial score (nSPS) is 12.1. The third-order valence-corrected chi connectivity index (χ3v) is 4.66. The molecule has 1 N–H and O–H groups in total. The fourth-order valence-corrected chi connectivity index (χ4v) is 3.29. The van der Waals surface area contributed by atoms with Gasteiger partial charge < -0.3 is 10.1 Å². The fraction of sp³-hybridized carbons (Fsp3) is 0.182. The third kappa shape index (κ3) is 3.24. The predicted molar refractivity (Wildman–Crippen MR) is 108 cm³/mol. The van der Waals surface area contributed by atoms with E-state index >= 15 is 0 Å². The first-order valence-corrected chi connectivity index (χ1v) is 8.97. The molecular weight excluding hydrogens is 336 g/mol. The van der Waals surface area contributed by atoms with E-state index in [-0.39, 0.29) is 6.04 Å². The highest BCUT2D eigenvalue weighted by atomic mass is 16.5. The van der Waals surface area contributed by atoms with Crippen molar-refractivity contribution in [1.29, 1.82) is 0 Å². The van der Waals surface area contributed by atoms with E-state index in [1.54, 1.807) is 7.11 Å². The number of anilines is 1. The number of benzene rings is 2. The van der Waals surface area contributed by atoms with Gasteiger partial charge in [0.15, 0.2) is 5.65 Å². The highest BCUT2D eigenvalue weighted by molar-refractivity contribution is 5.82. The molecule has 5 nitrogen and oxygen atoms in total. The molecule has 27 heavy (non-hydrogen) atoms. The highest BCUT2D eigenvalue weighted by Gasteiger charge is 2.16. The van der Waals surface area contributed by atoms with Gasteiger partial charge in [-0.25, -0.2) is 4.98 Å². The Hall–Kier alpha value is -3.34. The van der Waals surface area contributed by atoms with Crippen molar-refractivity contribution in [1.82, 2.24) is 14.6 Å². The van der Waals surface area contributed by atoms with E-state index in [1.807, 2.05) is 54.0 Å². The van der Waals surface area contributed by atoms with Crippen LogP contribution in [0.2, 0.25) is 0 Å². The molecule has 2 heterocycles. The van der Waals surface area contributed by atoms with Crippen molar-refractivity contribution in [3.63, 3.8) is 0 Å². The van der Waals surface area contributed by atoms with Gasteiger partial charge >= 0.3 is 0 Å². The van der Waals surface area contributed by atoms with Crippen LogP contribution >= 0.6 is 0 Å². The summed E-state index contributed by atoms with van der Waals surface area (Å²) in [6, 6.07) is 20.5. The lowest BCUT2D eigenvalue weighted by Gasteiger charge is -2.17. The second kappa shape index (κ2) is 7.11. The number of aryl methyl sites for hydroxylation is 1. The van der Waals surface area contributed by atoms with Crippen molar-refractivity contribution in [2.75, 3.05) is 12.4 Å². The molecule has 136 valence electrons. The molecule has 0 aliphatic rings. The summed E-state index contributed by atoms with van der Waals surface area (Å²) in [5.74, 6) is 1.72. The number of nitrogens with zero attached hydrogens (tertiary/aromatic N) is 3. The van der Waals surface area contributed by atoms with E-state index in [0.29, 0.717) is 0 Å². The number of fused-ring (bicyclic) bond motifs is 1. The van der Waals surface area contributed by atoms with Crippen LogP contribution in [0.5, 0.6) is 5.75 Å². The Labute approximate surface area is 158 Å². The fourth-order valence-electron chi connectivity index (χ4n) is 3.29. The summed E-state index contributed by atoms with van der Waals surface area (Å²) in [7, 11) is 1.68. The first kappa shape index (κ1) is 17.1. The minimum atomic E-state index is 0.148. The lowest BCUT2D eigenvalue weighted by molar-refractivity contribution is 0.416. The van der Waals surface area contributed by atoms with Gasteiger partial charge in [-0.05, 0) is 25.5 Å². The van der Waals surface area contributed by atoms with Crippen molar-refractivity contribution < 1.29 is 4.74 Å². The van der Waals surface area contributed by atoms with Gasteiger partial charge in [0.2, 0.25) is 0 Å². The van der Waals surface area contributed by atoms with Crippen LogP contribution in [0.15, 0.2) is 66.9 Å². The molecule has 0 amide bonds. The van der Waals surface area contributed by atoms with Gasteiger partial charge in [-0.1, -0.05) is 48.5 Å². The number of aromatic nitrogens is 3. The predicted octanol–water partition coefficient (Wildman–Crippen LogP) is 4.89. The van der Waals surface area contributed by atoms with Gasteiger partial charge in [0.25, 0.3) is 0 Å². The molecule has 0 aliphatic heterocycles. The first-order chi connectivity index (χ1) is 13.2. The van der Waals surface area contributed by atoms with Gasteiger partial charge in [0, 0.05) is 23.4 Å². The lowest BCUT2D eigenvalue weighted by atomic mass is 10.1. The number of methoxy groups -OCH3 is 1. The molecular formula is C22H22N4O. The Kier molecular flexibility index (Phi) is 4.50. The second-order valence-electron chi connectivity index (χ2n) is 6.55. The zero-order valence-electron chi connectivity index (χ0n) is 15.7. The highest BCUT2D eigenvalue weighted by Crippen LogP contribution is 2.33. The summed E-state index contributed by atoms with van der Waals surface area (Å²) < 4.78 is 7.38. The van der Waals surface area contributed by atoms with Gasteiger partial charge in [-0.15, -0.1) is 0 Å².